The molecule has 5 aromatic carbocycles. The molecule has 1 aliphatic rings. The van der Waals surface area contributed by atoms with Crippen molar-refractivity contribution in [2.45, 2.75) is 113 Å². The second-order valence-electron chi connectivity index (χ2n) is 17.5. The first kappa shape index (κ1) is 48.3. The second kappa shape index (κ2) is 20.0. The minimum atomic E-state index is 0. The molecule has 288 valence electrons. The van der Waals surface area contributed by atoms with Crippen LogP contribution in [-0.4, -0.2) is 3.21 Å². The molecule has 0 amide bonds. The van der Waals surface area contributed by atoms with Gasteiger partial charge in [0.25, 0.3) is 0 Å². The largest absolute Gasteiger partial charge is 1.00 e. The predicted molar refractivity (Wildman–Crippen MR) is 228 cm³/mol. The van der Waals surface area contributed by atoms with Crippen molar-refractivity contribution < 1.29 is 49.0 Å². The molecular formula is C49H58Cl4Zr-2. The SMILES string of the molecule is CCCCC1[C-]=CC(C(C)(C)C)=C1.Cc1cc2[cH-]c3cc(C)c(C(C)(C)C)cc3c2cc1C(C)(C)C.Clc1ccc([C](=[Zr+2])c2ccc(Cl)cc2)cc1.[Cl-].[Cl-]. The Hall–Kier alpha value is -1.86. The fraction of sp³-hybridized carbons (Fsp3) is 0.388. The van der Waals surface area contributed by atoms with E-state index in [2.05, 4.69) is 132 Å². The number of hydrogen-bond acceptors (Lipinski definition) is 0. The quantitative estimate of drug-likeness (QED) is 0.155. The van der Waals surface area contributed by atoms with Gasteiger partial charge >= 0.3 is 120 Å². The summed E-state index contributed by atoms with van der Waals surface area (Å²) in [4.78, 5) is 0. The molecule has 6 rings (SSSR count). The summed E-state index contributed by atoms with van der Waals surface area (Å²) in [5, 5.41) is 7.08. The van der Waals surface area contributed by atoms with Gasteiger partial charge in [-0.25, -0.2) is 6.08 Å². The van der Waals surface area contributed by atoms with Gasteiger partial charge in [-0.05, 0) is 24.7 Å². The van der Waals surface area contributed by atoms with Gasteiger partial charge in [0.15, 0.2) is 0 Å². The smallest absolute Gasteiger partial charge is 1.00 e. The molecule has 5 heteroatoms. The standard InChI is InChI=1S/C23H29.C13H8Cl2.C13H21.2ClH.Zr/c1-14-9-16-11-17-10-15(2)21(23(6,7)8)13-19(17)18(16)12-20(14)22(3,4)5;14-12-5-1-10(2-6-12)9-11-3-7-13(15)8-4-11;1-5-6-7-11-8-9-12(10-11)13(2,3)4;;;/h9-13H,1-8H3;1-8H;9-11H,5-7H2,1-4H3;2*1H;/q-1;;-1;;;+2/p-2. The monoisotopic (exact) mass is 876 g/mol. The maximum atomic E-state index is 5.86. The Balaban J connectivity index is 0.000000288. The Morgan fingerprint density at radius 3 is 1.41 bits per heavy atom. The first-order valence-electron chi connectivity index (χ1n) is 18.8. The molecule has 0 N–H and O–H groups in total. The molecular weight excluding hydrogens is 822 g/mol. The van der Waals surface area contributed by atoms with E-state index >= 15 is 0 Å². The summed E-state index contributed by atoms with van der Waals surface area (Å²) in [6.07, 6.45) is 11.9. The predicted octanol–water partition coefficient (Wildman–Crippen LogP) is 9.18. The maximum Gasteiger partial charge on any atom is -1.00 e. The van der Waals surface area contributed by atoms with Crippen molar-refractivity contribution in [3.8, 4) is 0 Å². The van der Waals surface area contributed by atoms with E-state index in [4.69, 9.17) is 23.2 Å². The third kappa shape index (κ3) is 12.8. The van der Waals surface area contributed by atoms with Gasteiger partial charge in [0, 0.05) is 0 Å². The summed E-state index contributed by atoms with van der Waals surface area (Å²) in [5.41, 5.74) is 10.2. The summed E-state index contributed by atoms with van der Waals surface area (Å²) in [7, 11) is 0. The fourth-order valence-electron chi connectivity index (χ4n) is 6.92. The van der Waals surface area contributed by atoms with Crippen LogP contribution < -0.4 is 24.8 Å². The Labute approximate surface area is 364 Å². The Morgan fingerprint density at radius 1 is 0.667 bits per heavy atom. The summed E-state index contributed by atoms with van der Waals surface area (Å²) >= 11 is 13.1. The van der Waals surface area contributed by atoms with Crippen LogP contribution in [0, 0.1) is 31.3 Å². The zero-order chi connectivity index (χ0) is 38.6. The number of halogens is 4. The molecule has 0 spiro atoms. The minimum absolute atomic E-state index is 0. The number of rotatable bonds is 5. The molecule has 5 aromatic rings. The van der Waals surface area contributed by atoms with Crippen LogP contribution in [-0.2, 0) is 35.1 Å². The van der Waals surface area contributed by atoms with Crippen molar-refractivity contribution in [1.29, 1.82) is 0 Å². The summed E-state index contributed by atoms with van der Waals surface area (Å²) in [6.45, 7) is 27.3. The van der Waals surface area contributed by atoms with E-state index in [-0.39, 0.29) is 35.6 Å². The first-order chi connectivity index (χ1) is 24.2. The first-order valence-corrected chi connectivity index (χ1v) is 20.7. The molecule has 1 aliphatic carbocycles. The van der Waals surface area contributed by atoms with Crippen molar-refractivity contribution in [3.63, 3.8) is 0 Å². The summed E-state index contributed by atoms with van der Waals surface area (Å²) in [6, 6.07) is 27.8. The molecule has 1 unspecified atom stereocenters. The Kier molecular flexibility index (Phi) is 17.9. The van der Waals surface area contributed by atoms with Crippen molar-refractivity contribution in [2.75, 3.05) is 0 Å². The zero-order valence-corrected chi connectivity index (χ0v) is 39.9. The fourth-order valence-corrected chi connectivity index (χ4v) is 7.99. The van der Waals surface area contributed by atoms with E-state index < -0.39 is 0 Å². The Morgan fingerprint density at radius 2 is 1.07 bits per heavy atom. The number of unbranched alkanes of at least 4 members (excludes halogenated alkanes) is 1. The second-order valence-corrected chi connectivity index (χ2v) is 19.6. The molecule has 0 aliphatic heterocycles. The molecule has 0 nitrogen and oxygen atoms in total. The van der Waals surface area contributed by atoms with Gasteiger partial charge in [-0.1, -0.05) is 134 Å². The Bertz CT molecular complexity index is 1930. The summed E-state index contributed by atoms with van der Waals surface area (Å²) < 4.78 is 1.31. The maximum absolute atomic E-state index is 5.86. The molecule has 0 fully saturated rings. The van der Waals surface area contributed by atoms with E-state index in [1.165, 1.54) is 107 Å². The number of fused-ring (bicyclic) bond motifs is 3. The minimum Gasteiger partial charge on any atom is -1.00 e. The van der Waals surface area contributed by atoms with E-state index in [1.54, 1.807) is 0 Å². The molecule has 0 bridgehead atoms. The van der Waals surface area contributed by atoms with Crippen LogP contribution in [0.4, 0.5) is 0 Å². The van der Waals surface area contributed by atoms with Gasteiger partial charge in [-0.2, -0.15) is 11.6 Å². The van der Waals surface area contributed by atoms with Crippen molar-refractivity contribution in [1.82, 2.24) is 0 Å². The van der Waals surface area contributed by atoms with Gasteiger partial charge in [-0.3, -0.25) is 6.08 Å². The van der Waals surface area contributed by atoms with E-state index in [1.807, 2.05) is 48.5 Å². The van der Waals surface area contributed by atoms with Gasteiger partial charge in [0.2, 0.25) is 0 Å². The van der Waals surface area contributed by atoms with Gasteiger partial charge < -0.3 is 24.8 Å². The number of allylic oxidation sites excluding steroid dienone is 4. The average molecular weight is 880 g/mol. The number of aryl methyl sites for hydroxylation is 2. The number of benzene rings is 4. The van der Waals surface area contributed by atoms with Crippen LogP contribution in [0.3, 0.4) is 0 Å². The van der Waals surface area contributed by atoms with E-state index in [0.717, 1.165) is 10.0 Å². The molecule has 0 radical (unpaired) electrons. The van der Waals surface area contributed by atoms with Crippen LogP contribution in [0.25, 0.3) is 21.5 Å². The van der Waals surface area contributed by atoms with Crippen LogP contribution in [0.2, 0.25) is 10.0 Å². The van der Waals surface area contributed by atoms with Gasteiger partial charge in [-0.15, -0.1) is 39.7 Å². The molecule has 0 saturated heterocycles. The van der Waals surface area contributed by atoms with Crippen LogP contribution in [0.5, 0.6) is 0 Å². The summed E-state index contributed by atoms with van der Waals surface area (Å²) in [5.74, 6) is 0.592. The average Bonchev–Trinajstić information content (AvgIpc) is 3.67. The third-order valence-corrected chi connectivity index (χ3v) is 11.8. The van der Waals surface area contributed by atoms with Gasteiger partial charge in [0.05, 0.1) is 0 Å². The molecule has 1 atom stereocenters. The normalized spacial score (nSPS) is 14.0. The topological polar surface area (TPSA) is 0 Å². The zero-order valence-electron chi connectivity index (χ0n) is 34.4. The van der Waals surface area contributed by atoms with Crippen LogP contribution >= 0.6 is 23.2 Å². The third-order valence-electron chi connectivity index (χ3n) is 9.84. The van der Waals surface area contributed by atoms with Crippen molar-refractivity contribution in [3.05, 3.63) is 146 Å². The van der Waals surface area contributed by atoms with Gasteiger partial charge in [0.1, 0.15) is 0 Å². The number of hydrogen-bond donors (Lipinski definition) is 0. The van der Waals surface area contributed by atoms with E-state index in [0.29, 0.717) is 11.3 Å². The van der Waals surface area contributed by atoms with Crippen LogP contribution in [0.1, 0.15) is 122 Å². The molecule has 54 heavy (non-hydrogen) atoms. The molecule has 0 heterocycles. The molecule has 0 saturated carbocycles. The van der Waals surface area contributed by atoms with E-state index in [9.17, 15) is 0 Å². The van der Waals surface area contributed by atoms with Crippen molar-refractivity contribution >= 4 is 48.0 Å². The van der Waals surface area contributed by atoms with Crippen molar-refractivity contribution in [2.24, 2.45) is 11.3 Å². The molecule has 0 aromatic heterocycles. The van der Waals surface area contributed by atoms with Crippen LogP contribution in [0.15, 0.2) is 96.6 Å².